The van der Waals surface area contributed by atoms with Crippen molar-refractivity contribution >= 4 is 41.0 Å². The maximum absolute atomic E-state index is 14.9. The molecule has 2 heterocycles. The number of nitrogens with one attached hydrogen (secondary N) is 1. The number of rotatable bonds is 5. The van der Waals surface area contributed by atoms with Gasteiger partial charge in [-0.3, -0.25) is 9.79 Å². The van der Waals surface area contributed by atoms with E-state index in [0.717, 1.165) is 25.4 Å². The van der Waals surface area contributed by atoms with Gasteiger partial charge in [0, 0.05) is 17.7 Å². The van der Waals surface area contributed by atoms with Gasteiger partial charge in [-0.15, -0.1) is 0 Å². The molecule has 160 valence electrons. The van der Waals surface area contributed by atoms with Crippen LogP contribution < -0.4 is 15.8 Å². The lowest BCUT2D eigenvalue weighted by Crippen LogP contribution is -2.51. The van der Waals surface area contributed by atoms with E-state index >= 15 is 0 Å². The molecule has 3 rings (SSSR count). The summed E-state index contributed by atoms with van der Waals surface area (Å²) in [6, 6.07) is 3.50. The van der Waals surface area contributed by atoms with E-state index in [1.165, 1.54) is 19.1 Å². The predicted octanol–water partition coefficient (Wildman–Crippen LogP) is 1.41. The maximum atomic E-state index is 14.9. The molecule has 0 fully saturated rings. The van der Waals surface area contributed by atoms with E-state index in [4.69, 9.17) is 34.0 Å². The first-order valence-electron chi connectivity index (χ1n) is 9.39. The molecule has 7 nitrogen and oxygen atoms in total. The molecule has 0 unspecified atom stereocenters. The molecule has 6 radical (unpaired) electrons. The first kappa shape index (κ1) is 23.7. The fraction of sp³-hybridized carbons (Fsp3) is 0.368. The lowest BCUT2D eigenvalue weighted by molar-refractivity contribution is 0.102. The summed E-state index contributed by atoms with van der Waals surface area (Å²) >= 11 is 0. The molecule has 1 aromatic heterocycles. The molecule has 1 aromatic carbocycles. The van der Waals surface area contributed by atoms with Crippen molar-refractivity contribution in [1.29, 1.82) is 0 Å². The number of halogens is 3. The summed E-state index contributed by atoms with van der Waals surface area (Å²) in [6.07, 6.45) is -0.291. The number of benzene rings is 1. The smallest absolute Gasteiger partial charge is 0.275 e. The molecule has 1 aliphatic rings. The van der Waals surface area contributed by atoms with Crippen LogP contribution in [-0.2, 0) is 5.54 Å². The fourth-order valence-corrected chi connectivity index (χ4v) is 3.16. The molecule has 0 saturated carbocycles. The maximum Gasteiger partial charge on any atom is 0.275 e. The van der Waals surface area contributed by atoms with Crippen molar-refractivity contribution in [2.45, 2.75) is 42.9 Å². The van der Waals surface area contributed by atoms with Gasteiger partial charge >= 0.3 is 0 Å². The van der Waals surface area contributed by atoms with Crippen molar-refractivity contribution in [3.05, 3.63) is 47.7 Å². The molecule has 32 heavy (non-hydrogen) atoms. The van der Waals surface area contributed by atoms with Crippen molar-refractivity contribution in [1.82, 2.24) is 9.97 Å². The van der Waals surface area contributed by atoms with E-state index in [-0.39, 0.29) is 22.8 Å². The van der Waals surface area contributed by atoms with Gasteiger partial charge in [-0.25, -0.2) is 23.1 Å². The Morgan fingerprint density at radius 2 is 1.97 bits per heavy atom. The average molecular weight is 437 g/mol. The van der Waals surface area contributed by atoms with Crippen LogP contribution in [0.4, 0.5) is 18.9 Å². The minimum Gasteiger partial charge on any atom is -0.500 e. The second-order valence-electron chi connectivity index (χ2n) is 7.86. The molecule has 0 aliphatic carbocycles. The molecule has 0 bridgehead atoms. The number of aliphatic imine (C=N–C) groups is 1. The quantitative estimate of drug-likeness (QED) is 0.690. The normalized spacial score (nSPS) is 25.7. The molecule has 3 N–H and O–H groups in total. The Morgan fingerprint density at radius 1 is 1.28 bits per heavy atom. The van der Waals surface area contributed by atoms with Gasteiger partial charge in [-0.2, -0.15) is 0 Å². The summed E-state index contributed by atoms with van der Waals surface area (Å²) in [6.45, 7) is 2.41. The Kier molecular flexibility index (Phi) is 6.05. The molecule has 0 spiro atoms. The highest BCUT2D eigenvalue weighted by molar-refractivity contribution is 6.58. The van der Waals surface area contributed by atoms with Crippen LogP contribution in [0, 0.1) is 5.82 Å². The summed E-state index contributed by atoms with van der Waals surface area (Å²) in [4.78, 5) is 24.1. The Hall–Kier alpha value is -2.98. The average Bonchev–Trinajstić information content (AvgIpc) is 2.67. The summed E-state index contributed by atoms with van der Waals surface area (Å²) < 4.78 is 48.7. The summed E-state index contributed by atoms with van der Waals surface area (Å²) in [5.74, 6) is -2.04. The second kappa shape index (κ2) is 8.18. The number of ether oxygens (including phenoxy) is 1. The van der Waals surface area contributed by atoms with E-state index in [2.05, 4.69) is 20.3 Å². The third-order valence-corrected chi connectivity index (χ3v) is 4.97. The number of amides is 1. The third-order valence-electron chi connectivity index (χ3n) is 4.97. The van der Waals surface area contributed by atoms with E-state index < -0.39 is 46.7 Å². The number of hydrogen-bond acceptors (Lipinski definition) is 6. The molecule has 1 aliphatic heterocycles. The Morgan fingerprint density at radius 3 is 2.56 bits per heavy atom. The van der Waals surface area contributed by atoms with E-state index in [9.17, 15) is 18.0 Å². The zero-order valence-electron chi connectivity index (χ0n) is 17.3. The largest absolute Gasteiger partial charge is 0.500 e. The number of carbonyl (C=O) groups is 1. The van der Waals surface area contributed by atoms with Gasteiger partial charge in [0.05, 0.1) is 12.4 Å². The fourth-order valence-electron chi connectivity index (χ4n) is 3.16. The standard InChI is InChI=1S/C19H17B3F3N5O2/c1-17(25)6-13(24)18(2,30-16(17)26)10-5-9(3-4-11(10)23)29-15(31)12-7-28-14(8-27-12)32-19(20,21)22/h3-5,7-8,13H,6H2,1-2H3,(H2,26,30)(H,29,31)/t13-,17-,18+/m0/s1. The molecular weight excluding hydrogens is 420 g/mol. The van der Waals surface area contributed by atoms with Crippen molar-refractivity contribution in [2.24, 2.45) is 10.7 Å². The minimum atomic E-state index is -2.15. The van der Waals surface area contributed by atoms with Gasteiger partial charge in [0.15, 0.2) is 5.67 Å². The van der Waals surface area contributed by atoms with Crippen molar-refractivity contribution in [3.63, 3.8) is 0 Å². The first-order chi connectivity index (χ1) is 14.7. The van der Waals surface area contributed by atoms with Gasteiger partial charge in [0.2, 0.25) is 5.88 Å². The van der Waals surface area contributed by atoms with E-state index in [1.807, 2.05) is 0 Å². The number of hydrogen-bond donors (Lipinski definition) is 2. The predicted molar refractivity (Wildman–Crippen MR) is 115 cm³/mol. The number of anilines is 1. The van der Waals surface area contributed by atoms with Crippen LogP contribution in [0.1, 0.15) is 36.3 Å². The van der Waals surface area contributed by atoms with Gasteiger partial charge in [-0.1, -0.05) is 0 Å². The van der Waals surface area contributed by atoms with Crippen molar-refractivity contribution in [3.8, 4) is 5.88 Å². The number of nitrogens with two attached hydrogens (primary N) is 1. The van der Waals surface area contributed by atoms with Crippen LogP contribution in [0.15, 0.2) is 35.6 Å². The lowest BCUT2D eigenvalue weighted by atomic mass is 9.52. The highest BCUT2D eigenvalue weighted by Crippen LogP contribution is 2.42. The van der Waals surface area contributed by atoms with Crippen LogP contribution >= 0.6 is 0 Å². The molecule has 0 saturated heterocycles. The van der Waals surface area contributed by atoms with Crippen molar-refractivity contribution in [2.75, 3.05) is 5.32 Å². The lowest BCUT2D eigenvalue weighted by Gasteiger charge is -2.38. The van der Waals surface area contributed by atoms with Crippen LogP contribution in [0.2, 0.25) is 0 Å². The number of carbonyl (C=O) groups excluding carboxylic acids is 1. The van der Waals surface area contributed by atoms with E-state index in [0.29, 0.717) is 0 Å². The van der Waals surface area contributed by atoms with Crippen molar-refractivity contribution < 1.29 is 22.7 Å². The molecule has 13 heteroatoms. The molecule has 1 amide bonds. The molecular formula is C19H17B3F3N5O2. The Bertz CT molecular complexity index is 1060. The van der Waals surface area contributed by atoms with Gasteiger partial charge in [0.25, 0.3) is 5.91 Å². The number of nitrogens with zero attached hydrogens (tertiary/aromatic N) is 3. The highest BCUT2D eigenvalue weighted by Gasteiger charge is 2.49. The second-order valence-corrected chi connectivity index (χ2v) is 7.86. The monoisotopic (exact) mass is 437 g/mol. The van der Waals surface area contributed by atoms with Crippen LogP contribution in [0.3, 0.4) is 0 Å². The van der Waals surface area contributed by atoms with Gasteiger partial charge in [0.1, 0.15) is 52.6 Å². The summed E-state index contributed by atoms with van der Waals surface area (Å²) in [5.41, 5.74) is 1.53. The Balaban J connectivity index is 1.85. The number of aromatic nitrogens is 2. The topological polar surface area (TPSA) is 102 Å². The number of amidine groups is 1. The zero-order valence-corrected chi connectivity index (χ0v) is 17.3. The zero-order chi connectivity index (χ0) is 23.9. The third kappa shape index (κ3) is 4.92. The first-order valence-corrected chi connectivity index (χ1v) is 9.39. The highest BCUT2D eigenvalue weighted by atomic mass is 19.2. The van der Waals surface area contributed by atoms with Gasteiger partial charge < -0.3 is 15.8 Å². The summed E-state index contributed by atoms with van der Waals surface area (Å²) in [7, 11) is 15.9. The van der Waals surface area contributed by atoms with Crippen LogP contribution in [0.25, 0.3) is 0 Å². The Labute approximate surface area is 186 Å². The van der Waals surface area contributed by atoms with Crippen LogP contribution in [-0.4, -0.2) is 62.4 Å². The van der Waals surface area contributed by atoms with E-state index in [1.54, 1.807) is 0 Å². The molecule has 3 atom stereocenters. The minimum absolute atomic E-state index is 0.118. The summed E-state index contributed by atoms with van der Waals surface area (Å²) in [5, 5.41) is 0.519. The number of alkyl halides is 2. The molecule has 2 aromatic rings. The SMILES string of the molecule is [B]C([B])([B])Oc1cnc(C(=O)Nc2ccc(F)c([C@@]3(C)N=C(N)[C@@](C)(F)C[C@@H]3F)c2)cn1. The van der Waals surface area contributed by atoms with Crippen LogP contribution in [0.5, 0.6) is 5.88 Å². The van der Waals surface area contributed by atoms with Gasteiger partial charge in [-0.05, 0) is 37.3 Å².